The van der Waals surface area contributed by atoms with Crippen molar-refractivity contribution in [2.45, 2.75) is 46.1 Å². The van der Waals surface area contributed by atoms with E-state index in [4.69, 9.17) is 9.51 Å². The van der Waals surface area contributed by atoms with Crippen LogP contribution < -0.4 is 5.69 Å². The van der Waals surface area contributed by atoms with Crippen LogP contribution in [0.1, 0.15) is 55.7 Å². The number of imidazole rings is 1. The number of rotatable bonds is 3. The number of hydrogen-bond acceptors (Lipinski definition) is 5. The molecular weight excluding hydrogens is 370 g/mol. The van der Waals surface area contributed by atoms with Crippen molar-refractivity contribution < 1.29 is 9.32 Å². The molecule has 0 N–H and O–H groups in total. The van der Waals surface area contributed by atoms with E-state index in [9.17, 15) is 9.59 Å². The van der Waals surface area contributed by atoms with Crippen LogP contribution in [0, 0.1) is 5.41 Å². The van der Waals surface area contributed by atoms with Crippen LogP contribution in [-0.4, -0.2) is 43.2 Å². The summed E-state index contributed by atoms with van der Waals surface area (Å²) in [5.41, 5.74) is 2.88. The second kappa shape index (κ2) is 7.17. The molecular formula is C21H27N5O3. The van der Waals surface area contributed by atoms with E-state index >= 15 is 0 Å². The zero-order valence-corrected chi connectivity index (χ0v) is 17.4. The molecule has 0 spiro atoms. The van der Waals surface area contributed by atoms with Crippen LogP contribution in [-0.2, 0) is 13.6 Å². The smallest absolute Gasteiger partial charge is 0.330 e. The van der Waals surface area contributed by atoms with E-state index in [1.807, 2.05) is 21.6 Å². The van der Waals surface area contributed by atoms with Crippen molar-refractivity contribution in [1.82, 2.24) is 24.2 Å². The van der Waals surface area contributed by atoms with Crippen molar-refractivity contribution in [1.29, 1.82) is 0 Å². The molecule has 8 heteroatoms. The van der Waals surface area contributed by atoms with Crippen molar-refractivity contribution in [3.05, 3.63) is 46.3 Å². The first-order valence-electron chi connectivity index (χ1n) is 10.0. The predicted molar refractivity (Wildman–Crippen MR) is 109 cm³/mol. The number of carbonyl (C=O) groups is 1. The number of likely N-dealkylation sites (tertiary alicyclic amines) is 1. The highest BCUT2D eigenvalue weighted by Crippen LogP contribution is 2.29. The van der Waals surface area contributed by atoms with Crippen molar-refractivity contribution in [3.63, 3.8) is 0 Å². The lowest BCUT2D eigenvalue weighted by Crippen LogP contribution is -2.38. The zero-order chi connectivity index (χ0) is 20.8. The second-order valence-electron chi connectivity index (χ2n) is 9.02. The molecule has 4 rings (SSSR count). The van der Waals surface area contributed by atoms with Gasteiger partial charge in [-0.3, -0.25) is 13.9 Å². The van der Waals surface area contributed by atoms with Crippen LogP contribution in [0.15, 0.2) is 33.8 Å². The average molecular weight is 397 g/mol. The fraction of sp³-hybridized carbons (Fsp3) is 0.524. The fourth-order valence-corrected chi connectivity index (χ4v) is 4.01. The Hall–Kier alpha value is -2.90. The van der Waals surface area contributed by atoms with E-state index in [0.29, 0.717) is 25.3 Å². The van der Waals surface area contributed by atoms with Gasteiger partial charge < -0.3 is 9.42 Å². The van der Waals surface area contributed by atoms with Gasteiger partial charge in [-0.05, 0) is 30.4 Å². The third kappa shape index (κ3) is 3.71. The maximum atomic E-state index is 12.7. The predicted octanol–water partition coefficient (Wildman–Crippen LogP) is 2.79. The Kier molecular flexibility index (Phi) is 4.80. The zero-order valence-electron chi connectivity index (χ0n) is 17.4. The summed E-state index contributed by atoms with van der Waals surface area (Å²) < 4.78 is 8.22. The van der Waals surface area contributed by atoms with E-state index in [1.165, 1.54) is 6.26 Å². The van der Waals surface area contributed by atoms with Crippen molar-refractivity contribution in [2.75, 3.05) is 13.1 Å². The maximum absolute atomic E-state index is 12.7. The van der Waals surface area contributed by atoms with Gasteiger partial charge in [0, 0.05) is 44.4 Å². The minimum atomic E-state index is -0.0951. The van der Waals surface area contributed by atoms with Gasteiger partial charge in [-0.25, -0.2) is 9.78 Å². The molecule has 1 fully saturated rings. The number of hydrogen-bond donors (Lipinski definition) is 0. The molecule has 3 aromatic heterocycles. The molecule has 0 aromatic carbocycles. The molecule has 0 atom stereocenters. The lowest BCUT2D eigenvalue weighted by Gasteiger charge is -2.31. The Morgan fingerprint density at radius 2 is 1.93 bits per heavy atom. The molecule has 154 valence electrons. The van der Waals surface area contributed by atoms with Gasteiger partial charge in [-0.15, -0.1) is 0 Å². The number of pyridine rings is 1. The number of carbonyl (C=O) groups excluding carboxylic acids is 1. The van der Waals surface area contributed by atoms with Gasteiger partial charge in [0.2, 0.25) is 0 Å². The number of fused-ring (bicyclic) bond motifs is 1. The van der Waals surface area contributed by atoms with E-state index in [2.05, 4.69) is 25.9 Å². The summed E-state index contributed by atoms with van der Waals surface area (Å²) >= 11 is 0. The lowest BCUT2D eigenvalue weighted by atomic mass is 9.93. The molecule has 3 aromatic rings. The largest absolute Gasteiger partial charge is 0.364 e. The summed E-state index contributed by atoms with van der Waals surface area (Å²) in [6.07, 6.45) is 3.08. The highest BCUT2D eigenvalue weighted by atomic mass is 16.5. The van der Waals surface area contributed by atoms with E-state index in [0.717, 1.165) is 29.7 Å². The first-order valence-corrected chi connectivity index (χ1v) is 10.0. The molecule has 0 aliphatic carbocycles. The molecule has 1 saturated heterocycles. The minimum Gasteiger partial charge on any atom is -0.364 e. The first kappa shape index (κ1) is 19.4. The second-order valence-corrected chi connectivity index (χ2v) is 9.02. The Morgan fingerprint density at radius 3 is 2.55 bits per heavy atom. The number of aryl methyl sites for hydroxylation is 1. The van der Waals surface area contributed by atoms with Crippen LogP contribution in [0.5, 0.6) is 0 Å². The standard InChI is InChI=1S/C21H27N5O3/c1-21(2,3)13-26-17-6-5-15(22-18(17)24(4)20(26)28)14-7-10-25(11-8-14)19(27)16-9-12-29-23-16/h5-6,9,12,14H,7-8,10-11,13H2,1-4H3. The molecule has 0 bridgehead atoms. The van der Waals surface area contributed by atoms with Gasteiger partial charge in [-0.2, -0.15) is 0 Å². The molecule has 0 radical (unpaired) electrons. The summed E-state index contributed by atoms with van der Waals surface area (Å²) in [6, 6.07) is 5.63. The van der Waals surface area contributed by atoms with E-state index < -0.39 is 0 Å². The monoisotopic (exact) mass is 397 g/mol. The molecule has 0 saturated carbocycles. The SMILES string of the molecule is Cn1c(=O)n(CC(C)(C)C)c2ccc(C3CCN(C(=O)c4ccon4)CC3)nc21. The van der Waals surface area contributed by atoms with Crippen LogP contribution in [0.3, 0.4) is 0 Å². The number of piperidine rings is 1. The normalized spacial score (nSPS) is 15.9. The number of nitrogens with zero attached hydrogens (tertiary/aromatic N) is 5. The van der Waals surface area contributed by atoms with Gasteiger partial charge in [0.15, 0.2) is 11.3 Å². The van der Waals surface area contributed by atoms with Crippen LogP contribution in [0.4, 0.5) is 0 Å². The molecule has 1 amide bonds. The minimum absolute atomic E-state index is 0.00000889. The van der Waals surface area contributed by atoms with Gasteiger partial charge in [0.25, 0.3) is 5.91 Å². The summed E-state index contributed by atoms with van der Waals surface area (Å²) in [6.45, 7) is 8.31. The molecule has 1 aliphatic rings. The van der Waals surface area contributed by atoms with Crippen LogP contribution in [0.2, 0.25) is 0 Å². The molecule has 29 heavy (non-hydrogen) atoms. The van der Waals surface area contributed by atoms with Crippen LogP contribution >= 0.6 is 0 Å². The summed E-state index contributed by atoms with van der Waals surface area (Å²) in [5.74, 6) is 0.170. The first-order chi connectivity index (χ1) is 13.7. The Balaban J connectivity index is 1.54. The number of amides is 1. The Labute approximate surface area is 169 Å². The fourth-order valence-electron chi connectivity index (χ4n) is 4.01. The Bertz CT molecular complexity index is 1080. The molecule has 4 heterocycles. The third-order valence-electron chi connectivity index (χ3n) is 5.49. The summed E-state index contributed by atoms with van der Waals surface area (Å²) in [4.78, 5) is 31.8. The summed E-state index contributed by atoms with van der Waals surface area (Å²) in [7, 11) is 1.78. The van der Waals surface area contributed by atoms with Gasteiger partial charge in [-0.1, -0.05) is 25.9 Å². The van der Waals surface area contributed by atoms with Crippen LogP contribution in [0.25, 0.3) is 11.2 Å². The van der Waals surface area contributed by atoms with Gasteiger partial charge >= 0.3 is 5.69 Å². The third-order valence-corrected chi connectivity index (χ3v) is 5.49. The van der Waals surface area contributed by atoms with E-state index in [1.54, 1.807) is 17.7 Å². The lowest BCUT2D eigenvalue weighted by molar-refractivity contribution is 0.0701. The van der Waals surface area contributed by atoms with Crippen molar-refractivity contribution in [2.24, 2.45) is 12.5 Å². The highest BCUT2D eigenvalue weighted by molar-refractivity contribution is 5.92. The van der Waals surface area contributed by atoms with Gasteiger partial charge in [0.05, 0.1) is 5.52 Å². The van der Waals surface area contributed by atoms with Gasteiger partial charge in [0.1, 0.15) is 6.26 Å². The average Bonchev–Trinajstić information content (AvgIpc) is 3.31. The maximum Gasteiger partial charge on any atom is 0.330 e. The van der Waals surface area contributed by atoms with Crippen molar-refractivity contribution in [3.8, 4) is 0 Å². The Morgan fingerprint density at radius 1 is 1.21 bits per heavy atom. The molecule has 1 aliphatic heterocycles. The van der Waals surface area contributed by atoms with Crippen molar-refractivity contribution >= 4 is 17.1 Å². The highest BCUT2D eigenvalue weighted by Gasteiger charge is 2.27. The molecule has 8 nitrogen and oxygen atoms in total. The quantitative estimate of drug-likeness (QED) is 0.678. The summed E-state index contributed by atoms with van der Waals surface area (Å²) in [5, 5.41) is 3.73. The number of aromatic nitrogens is 4. The molecule has 0 unspecified atom stereocenters. The van der Waals surface area contributed by atoms with E-state index in [-0.39, 0.29) is 22.9 Å². The topological polar surface area (TPSA) is 86.2 Å².